The van der Waals surface area contributed by atoms with Gasteiger partial charge in [-0.1, -0.05) is 54.4 Å². The van der Waals surface area contributed by atoms with Crippen LogP contribution in [0.5, 0.6) is 5.75 Å². The molecule has 4 nitrogen and oxygen atoms in total. The molecule has 0 bridgehead atoms. The summed E-state index contributed by atoms with van der Waals surface area (Å²) in [6.07, 6.45) is 1.70. The first kappa shape index (κ1) is 20.7. The third-order valence-electron chi connectivity index (χ3n) is 5.24. The third-order valence-corrected chi connectivity index (χ3v) is 6.44. The highest BCUT2D eigenvalue weighted by molar-refractivity contribution is 7.96. The molecule has 3 aromatic rings. The summed E-state index contributed by atoms with van der Waals surface area (Å²) >= 11 is 1.84. The first-order valence-corrected chi connectivity index (χ1v) is 11.0. The Bertz CT molecular complexity index is 1020. The van der Waals surface area contributed by atoms with Gasteiger partial charge in [-0.25, -0.2) is 4.39 Å². The second-order valence-corrected chi connectivity index (χ2v) is 8.60. The van der Waals surface area contributed by atoms with Crippen molar-refractivity contribution in [1.29, 1.82) is 0 Å². The summed E-state index contributed by atoms with van der Waals surface area (Å²) in [5.74, 6) is 0.295. The Morgan fingerprint density at radius 2 is 1.83 bits per heavy atom. The van der Waals surface area contributed by atoms with Crippen molar-refractivity contribution < 1.29 is 19.0 Å². The number of ether oxygens (including phenoxy) is 1. The van der Waals surface area contributed by atoms with Gasteiger partial charge < -0.3 is 9.84 Å². The molecule has 1 saturated heterocycles. The highest BCUT2D eigenvalue weighted by Gasteiger charge is 2.22. The van der Waals surface area contributed by atoms with Crippen molar-refractivity contribution in [3.63, 3.8) is 0 Å². The van der Waals surface area contributed by atoms with Crippen LogP contribution in [-0.4, -0.2) is 34.6 Å². The minimum atomic E-state index is -0.897. The van der Waals surface area contributed by atoms with Crippen molar-refractivity contribution >= 4 is 28.7 Å². The van der Waals surface area contributed by atoms with Gasteiger partial charge in [0.15, 0.2) is 0 Å². The Morgan fingerprint density at radius 1 is 1.07 bits per heavy atom. The van der Waals surface area contributed by atoms with Gasteiger partial charge in [-0.15, -0.1) is 0 Å². The smallest absolute Gasteiger partial charge is 0.307 e. The summed E-state index contributed by atoms with van der Waals surface area (Å²) in [5, 5.41) is 10.6. The number of carboxylic acids is 1. The van der Waals surface area contributed by atoms with E-state index in [1.807, 2.05) is 18.0 Å². The molecule has 0 amide bonds. The number of piperidine rings is 1. The first-order chi connectivity index (χ1) is 14.6. The number of carboxylic acid groups (broad SMARTS) is 1. The summed E-state index contributed by atoms with van der Waals surface area (Å²) in [6.45, 7) is 1.84. The van der Waals surface area contributed by atoms with Gasteiger partial charge in [0, 0.05) is 24.2 Å². The van der Waals surface area contributed by atoms with Crippen LogP contribution in [-0.2, 0) is 17.0 Å². The molecule has 0 atom stereocenters. The summed E-state index contributed by atoms with van der Waals surface area (Å²) in [7, 11) is 0. The SMILES string of the molecule is O=C(O)Cc1cc(OC2CCN(SCc3ccccc3)CC2)c2cc(F)ccc2c1. The van der Waals surface area contributed by atoms with Gasteiger partial charge in [0.1, 0.15) is 17.7 Å². The molecule has 0 saturated carbocycles. The molecule has 1 aliphatic rings. The van der Waals surface area contributed by atoms with E-state index in [1.165, 1.54) is 17.7 Å². The van der Waals surface area contributed by atoms with Crippen LogP contribution in [0, 0.1) is 5.82 Å². The first-order valence-electron chi connectivity index (χ1n) is 10.1. The Hall–Kier alpha value is -2.57. The Morgan fingerprint density at radius 3 is 2.57 bits per heavy atom. The highest BCUT2D eigenvalue weighted by atomic mass is 32.2. The lowest BCUT2D eigenvalue weighted by Crippen LogP contribution is -2.34. The predicted molar refractivity (Wildman–Crippen MR) is 118 cm³/mol. The topological polar surface area (TPSA) is 49.8 Å². The molecular formula is C24H24FNO3S. The van der Waals surface area contributed by atoms with E-state index in [1.54, 1.807) is 18.2 Å². The average Bonchev–Trinajstić information content (AvgIpc) is 2.74. The van der Waals surface area contributed by atoms with Crippen LogP contribution in [0.1, 0.15) is 24.0 Å². The Kier molecular flexibility index (Phi) is 6.55. The minimum Gasteiger partial charge on any atom is -0.490 e. The van der Waals surface area contributed by atoms with Crippen LogP contribution in [0.25, 0.3) is 10.8 Å². The van der Waals surface area contributed by atoms with Crippen molar-refractivity contribution in [3.8, 4) is 5.75 Å². The maximum atomic E-state index is 13.8. The standard InChI is InChI=1S/C24H24FNO3S/c25-20-7-6-19-12-18(14-24(27)28)13-23(22(19)15-20)29-21-8-10-26(11-9-21)30-16-17-4-2-1-3-5-17/h1-7,12-13,15,21H,8-11,14,16H2,(H,27,28). The zero-order chi connectivity index (χ0) is 20.9. The average molecular weight is 426 g/mol. The molecule has 1 heterocycles. The predicted octanol–water partition coefficient (Wildman–Crippen LogP) is 5.30. The number of hydrogen-bond donors (Lipinski definition) is 1. The van der Waals surface area contributed by atoms with Gasteiger partial charge >= 0.3 is 5.97 Å². The Balaban J connectivity index is 1.41. The van der Waals surface area contributed by atoms with E-state index in [9.17, 15) is 9.18 Å². The highest BCUT2D eigenvalue weighted by Crippen LogP contribution is 2.32. The van der Waals surface area contributed by atoms with Crippen LogP contribution < -0.4 is 4.74 Å². The number of halogens is 1. The lowest BCUT2D eigenvalue weighted by molar-refractivity contribution is -0.136. The number of rotatable bonds is 7. The van der Waals surface area contributed by atoms with Crippen molar-refractivity contribution in [2.45, 2.75) is 31.1 Å². The zero-order valence-corrected chi connectivity index (χ0v) is 17.4. The number of hydrogen-bond acceptors (Lipinski definition) is 4. The normalized spacial score (nSPS) is 15.4. The van der Waals surface area contributed by atoms with Crippen molar-refractivity contribution in [3.05, 3.63) is 77.6 Å². The fraction of sp³-hybridized carbons (Fsp3) is 0.292. The van der Waals surface area contributed by atoms with Gasteiger partial charge in [-0.3, -0.25) is 9.10 Å². The van der Waals surface area contributed by atoms with Gasteiger partial charge in [0.05, 0.1) is 6.42 Å². The quantitative estimate of drug-likeness (QED) is 0.521. The summed E-state index contributed by atoms with van der Waals surface area (Å²) in [4.78, 5) is 11.2. The molecular weight excluding hydrogens is 401 g/mol. The molecule has 0 unspecified atom stereocenters. The maximum absolute atomic E-state index is 13.8. The van der Waals surface area contributed by atoms with Gasteiger partial charge in [-0.2, -0.15) is 0 Å². The van der Waals surface area contributed by atoms with Crippen molar-refractivity contribution in [2.24, 2.45) is 0 Å². The summed E-state index contributed by atoms with van der Waals surface area (Å²) < 4.78 is 22.5. The number of benzene rings is 3. The van der Waals surface area contributed by atoms with Crippen LogP contribution >= 0.6 is 11.9 Å². The van der Waals surface area contributed by atoms with Gasteiger partial charge in [0.2, 0.25) is 0 Å². The molecule has 0 spiro atoms. The van der Waals surface area contributed by atoms with E-state index in [0.717, 1.165) is 37.1 Å². The molecule has 30 heavy (non-hydrogen) atoms. The second kappa shape index (κ2) is 9.49. The van der Waals surface area contributed by atoms with E-state index in [2.05, 4.69) is 28.6 Å². The second-order valence-electron chi connectivity index (χ2n) is 7.54. The molecule has 4 rings (SSSR count). The molecule has 1 aliphatic heterocycles. The van der Waals surface area contributed by atoms with E-state index in [-0.39, 0.29) is 18.3 Å². The fourth-order valence-corrected chi connectivity index (χ4v) is 4.72. The Labute approximate surface area is 179 Å². The van der Waals surface area contributed by atoms with Gasteiger partial charge in [-0.05, 0) is 47.6 Å². The molecule has 1 N–H and O–H groups in total. The van der Waals surface area contributed by atoms with E-state index >= 15 is 0 Å². The summed E-state index contributed by atoms with van der Waals surface area (Å²) in [6, 6.07) is 18.5. The lowest BCUT2D eigenvalue weighted by Gasteiger charge is -2.31. The monoisotopic (exact) mass is 425 g/mol. The molecule has 0 aliphatic carbocycles. The van der Waals surface area contributed by atoms with Crippen LogP contribution in [0.2, 0.25) is 0 Å². The van der Waals surface area contributed by atoms with Crippen LogP contribution in [0.3, 0.4) is 0 Å². The third kappa shape index (κ3) is 5.32. The zero-order valence-electron chi connectivity index (χ0n) is 16.6. The molecule has 1 fully saturated rings. The number of carbonyl (C=O) groups is 1. The number of nitrogens with zero attached hydrogens (tertiary/aromatic N) is 1. The van der Waals surface area contributed by atoms with Crippen LogP contribution in [0.15, 0.2) is 60.7 Å². The maximum Gasteiger partial charge on any atom is 0.307 e. The van der Waals surface area contributed by atoms with Crippen LogP contribution in [0.4, 0.5) is 4.39 Å². The molecule has 3 aromatic carbocycles. The molecule has 156 valence electrons. The lowest BCUT2D eigenvalue weighted by atomic mass is 10.0. The van der Waals surface area contributed by atoms with Crippen molar-refractivity contribution in [2.75, 3.05) is 13.1 Å². The molecule has 6 heteroatoms. The van der Waals surface area contributed by atoms with E-state index in [4.69, 9.17) is 9.84 Å². The fourth-order valence-electron chi connectivity index (χ4n) is 3.73. The van der Waals surface area contributed by atoms with Gasteiger partial charge in [0.25, 0.3) is 0 Å². The van der Waals surface area contributed by atoms with E-state index in [0.29, 0.717) is 16.7 Å². The molecule has 0 aromatic heterocycles. The summed E-state index contributed by atoms with van der Waals surface area (Å²) in [5.41, 5.74) is 1.97. The largest absolute Gasteiger partial charge is 0.490 e. The molecule has 0 radical (unpaired) electrons. The number of aliphatic carboxylic acids is 1. The number of fused-ring (bicyclic) bond motifs is 1. The minimum absolute atomic E-state index is 0.0325. The van der Waals surface area contributed by atoms with E-state index < -0.39 is 5.97 Å². The van der Waals surface area contributed by atoms with Crippen molar-refractivity contribution in [1.82, 2.24) is 4.31 Å².